The van der Waals surface area contributed by atoms with Crippen molar-refractivity contribution in [1.82, 2.24) is 4.98 Å². The van der Waals surface area contributed by atoms with Gasteiger partial charge in [0.25, 0.3) is 0 Å². The molecule has 0 atom stereocenters. The van der Waals surface area contributed by atoms with E-state index >= 15 is 0 Å². The van der Waals surface area contributed by atoms with Gasteiger partial charge in [0.15, 0.2) is 0 Å². The zero-order chi connectivity index (χ0) is 13.9. The average Bonchev–Trinajstić information content (AvgIpc) is 2.39. The van der Waals surface area contributed by atoms with Crippen LogP contribution in [0.1, 0.15) is 18.4 Å². The van der Waals surface area contributed by atoms with Crippen LogP contribution in [0.15, 0.2) is 12.3 Å². The number of anilines is 1. The Morgan fingerprint density at radius 2 is 2.16 bits per heavy atom. The van der Waals surface area contributed by atoms with Crippen molar-refractivity contribution in [3.63, 3.8) is 0 Å². The molecule has 0 saturated carbocycles. The highest BCUT2D eigenvalue weighted by atomic mass is 35.5. The van der Waals surface area contributed by atoms with Gasteiger partial charge in [0.1, 0.15) is 5.82 Å². The summed E-state index contributed by atoms with van der Waals surface area (Å²) in [6, 6.07) is 1.74. The maximum absolute atomic E-state index is 10.5. The van der Waals surface area contributed by atoms with Crippen molar-refractivity contribution >= 4 is 17.4 Å². The van der Waals surface area contributed by atoms with Gasteiger partial charge in [0.2, 0.25) is 0 Å². The van der Waals surface area contributed by atoms with Crippen molar-refractivity contribution in [2.45, 2.75) is 25.0 Å². The summed E-state index contributed by atoms with van der Waals surface area (Å²) < 4.78 is 5.26. The van der Waals surface area contributed by atoms with Gasteiger partial charge in [-0.05, 0) is 6.07 Å². The summed E-state index contributed by atoms with van der Waals surface area (Å²) in [5.74, 6) is 0.688. The monoisotopic (exact) mass is 286 g/mol. The number of hydrogen-bond acceptors (Lipinski definition) is 5. The predicted octanol–water partition coefficient (Wildman–Crippen LogP) is 1.20. The first kappa shape index (κ1) is 14.5. The Kier molecular flexibility index (Phi) is 4.62. The Bertz CT molecular complexity index is 436. The van der Waals surface area contributed by atoms with Crippen LogP contribution in [0, 0.1) is 0 Å². The fourth-order valence-corrected chi connectivity index (χ4v) is 2.39. The van der Waals surface area contributed by atoms with Crippen LogP contribution in [0.5, 0.6) is 0 Å². The predicted molar refractivity (Wildman–Crippen MR) is 73.4 cm³/mol. The van der Waals surface area contributed by atoms with Crippen LogP contribution in [0.4, 0.5) is 5.82 Å². The molecule has 0 spiro atoms. The van der Waals surface area contributed by atoms with Crippen LogP contribution in [-0.4, -0.2) is 47.6 Å². The van der Waals surface area contributed by atoms with E-state index in [1.807, 2.05) is 11.9 Å². The Balaban J connectivity index is 2.08. The van der Waals surface area contributed by atoms with Crippen molar-refractivity contribution in [2.75, 3.05) is 31.7 Å². The summed E-state index contributed by atoms with van der Waals surface area (Å²) in [7, 11) is 1.87. The molecule has 0 radical (unpaired) electrons. The first-order chi connectivity index (χ1) is 9.04. The van der Waals surface area contributed by atoms with Gasteiger partial charge in [-0.3, -0.25) is 0 Å². The van der Waals surface area contributed by atoms with E-state index in [0.717, 1.165) is 0 Å². The Labute approximate surface area is 117 Å². The highest BCUT2D eigenvalue weighted by Crippen LogP contribution is 2.25. The van der Waals surface area contributed by atoms with Gasteiger partial charge in [-0.2, -0.15) is 0 Å². The molecule has 19 heavy (non-hydrogen) atoms. The third kappa shape index (κ3) is 3.57. The third-order valence-electron chi connectivity index (χ3n) is 3.44. The van der Waals surface area contributed by atoms with Crippen LogP contribution >= 0.6 is 11.6 Å². The van der Waals surface area contributed by atoms with Gasteiger partial charge in [-0.1, -0.05) is 11.6 Å². The molecule has 2 heterocycles. The first-order valence-corrected chi connectivity index (χ1v) is 6.68. The molecule has 1 aromatic rings. The summed E-state index contributed by atoms with van der Waals surface area (Å²) in [6.45, 7) is 1.52. The lowest BCUT2D eigenvalue weighted by atomic mass is 9.94. The van der Waals surface area contributed by atoms with Crippen molar-refractivity contribution in [3.8, 4) is 0 Å². The lowest BCUT2D eigenvalue weighted by Gasteiger charge is -2.35. The highest BCUT2D eigenvalue weighted by Gasteiger charge is 2.31. The maximum atomic E-state index is 10.5. The standard InChI is InChI=1S/C13H19ClN2O3/c1-16(9-13(18)2-4-19-5-3-13)12-6-10(8-17)11(14)7-15-12/h6-7,17-18H,2-5,8-9H2,1H3. The fraction of sp³-hybridized carbons (Fsp3) is 0.615. The largest absolute Gasteiger partial charge is 0.392 e. The molecule has 6 heteroatoms. The normalized spacial score (nSPS) is 18.3. The van der Waals surface area contributed by atoms with Crippen LogP contribution in [0.25, 0.3) is 0 Å². The van der Waals surface area contributed by atoms with Crippen LogP contribution < -0.4 is 4.90 Å². The molecule has 0 aromatic carbocycles. The molecule has 106 valence electrons. The molecule has 2 rings (SSSR count). The topological polar surface area (TPSA) is 65.8 Å². The molecule has 1 aliphatic heterocycles. The Hall–Kier alpha value is -0.880. The number of halogens is 1. The molecule has 2 N–H and O–H groups in total. The molecule has 0 bridgehead atoms. The SMILES string of the molecule is CN(CC1(O)CCOCC1)c1cc(CO)c(Cl)cn1. The third-order valence-corrected chi connectivity index (χ3v) is 3.78. The fourth-order valence-electron chi connectivity index (χ4n) is 2.23. The van der Waals surface area contributed by atoms with E-state index in [1.54, 1.807) is 6.07 Å². The molecule has 5 nitrogen and oxygen atoms in total. The van der Waals surface area contributed by atoms with Crippen LogP contribution in [0.3, 0.4) is 0 Å². The number of aromatic nitrogens is 1. The molecule has 1 aromatic heterocycles. The Morgan fingerprint density at radius 1 is 1.47 bits per heavy atom. The highest BCUT2D eigenvalue weighted by molar-refractivity contribution is 6.31. The minimum absolute atomic E-state index is 0.125. The number of aliphatic hydroxyl groups is 2. The number of hydrogen-bond donors (Lipinski definition) is 2. The first-order valence-electron chi connectivity index (χ1n) is 6.31. The summed E-state index contributed by atoms with van der Waals surface area (Å²) in [5.41, 5.74) is -0.106. The lowest BCUT2D eigenvalue weighted by Crippen LogP contribution is -2.46. The number of ether oxygens (including phenoxy) is 1. The van der Waals surface area contributed by atoms with Crippen LogP contribution in [-0.2, 0) is 11.3 Å². The molecule has 0 unspecified atom stereocenters. The molecular formula is C13H19ClN2O3. The van der Waals surface area contributed by atoms with Gasteiger partial charge in [-0.25, -0.2) is 4.98 Å². The van der Waals surface area contributed by atoms with Gasteiger partial charge in [0, 0.05) is 51.4 Å². The summed E-state index contributed by atoms with van der Waals surface area (Å²) >= 11 is 5.91. The molecule has 0 aliphatic carbocycles. The Morgan fingerprint density at radius 3 is 2.79 bits per heavy atom. The van der Waals surface area contributed by atoms with Gasteiger partial charge in [-0.15, -0.1) is 0 Å². The minimum Gasteiger partial charge on any atom is -0.392 e. The maximum Gasteiger partial charge on any atom is 0.128 e. The molecular weight excluding hydrogens is 268 g/mol. The van der Waals surface area contributed by atoms with E-state index in [2.05, 4.69) is 4.98 Å². The zero-order valence-corrected chi connectivity index (χ0v) is 11.7. The van der Waals surface area contributed by atoms with Crippen molar-refractivity contribution in [2.24, 2.45) is 0 Å². The smallest absolute Gasteiger partial charge is 0.128 e. The van der Waals surface area contributed by atoms with Crippen molar-refractivity contribution in [3.05, 3.63) is 22.8 Å². The van der Waals surface area contributed by atoms with Gasteiger partial charge in [0.05, 0.1) is 17.2 Å². The van der Waals surface area contributed by atoms with E-state index in [-0.39, 0.29) is 6.61 Å². The molecule has 0 amide bonds. The van der Waals surface area contributed by atoms with Gasteiger partial charge >= 0.3 is 0 Å². The van der Waals surface area contributed by atoms with Crippen molar-refractivity contribution < 1.29 is 14.9 Å². The number of rotatable bonds is 4. The lowest BCUT2D eigenvalue weighted by molar-refractivity contribution is -0.0573. The van der Waals surface area contributed by atoms with E-state index < -0.39 is 5.60 Å². The quantitative estimate of drug-likeness (QED) is 0.871. The van der Waals surface area contributed by atoms with E-state index in [1.165, 1.54) is 6.20 Å². The van der Waals surface area contributed by atoms with E-state index in [0.29, 0.717) is 49.0 Å². The zero-order valence-electron chi connectivity index (χ0n) is 11.0. The average molecular weight is 287 g/mol. The second-order valence-corrected chi connectivity index (χ2v) is 5.39. The summed E-state index contributed by atoms with van der Waals surface area (Å²) in [4.78, 5) is 6.10. The second-order valence-electron chi connectivity index (χ2n) is 4.98. The molecule has 1 saturated heterocycles. The number of nitrogens with zero attached hydrogens (tertiary/aromatic N) is 2. The van der Waals surface area contributed by atoms with Gasteiger partial charge < -0.3 is 19.8 Å². The number of aliphatic hydroxyl groups excluding tert-OH is 1. The van der Waals surface area contributed by atoms with Crippen molar-refractivity contribution in [1.29, 1.82) is 0 Å². The number of likely N-dealkylation sites (N-methyl/N-ethyl adjacent to an activating group) is 1. The minimum atomic E-state index is -0.742. The number of pyridine rings is 1. The van der Waals surface area contributed by atoms with E-state index in [9.17, 15) is 10.2 Å². The van der Waals surface area contributed by atoms with Crippen LogP contribution in [0.2, 0.25) is 5.02 Å². The second kappa shape index (κ2) is 6.05. The molecule has 1 fully saturated rings. The summed E-state index contributed by atoms with van der Waals surface area (Å²) in [5, 5.41) is 20.1. The summed E-state index contributed by atoms with van der Waals surface area (Å²) in [6.07, 6.45) is 2.77. The van der Waals surface area contributed by atoms with E-state index in [4.69, 9.17) is 16.3 Å². The molecule has 1 aliphatic rings.